The molecule has 4 heteroatoms. The van der Waals surface area contributed by atoms with Crippen LogP contribution in [0.25, 0.3) is 0 Å². The highest BCUT2D eigenvalue weighted by Crippen LogP contribution is 2.78. The molecule has 0 amide bonds. The highest BCUT2D eigenvalue weighted by molar-refractivity contribution is 5.66. The van der Waals surface area contributed by atoms with Crippen molar-refractivity contribution in [1.29, 1.82) is 0 Å². The van der Waals surface area contributed by atoms with Gasteiger partial charge in [0.05, 0.1) is 11.7 Å². The van der Waals surface area contributed by atoms with Crippen molar-refractivity contribution in [2.24, 2.45) is 56.7 Å². The van der Waals surface area contributed by atoms with Gasteiger partial charge in [-0.25, -0.2) is 0 Å². The quantitative estimate of drug-likeness (QED) is 0.409. The topological polar surface area (TPSA) is 66.8 Å². The number of hydrogen-bond acceptors (Lipinski definition) is 4. The molecule has 0 aromatic heterocycles. The van der Waals surface area contributed by atoms with Crippen LogP contribution in [0.3, 0.4) is 0 Å². The van der Waals surface area contributed by atoms with Crippen LogP contribution in [0.2, 0.25) is 0 Å². The average molecular weight is 503 g/mol. The van der Waals surface area contributed by atoms with Gasteiger partial charge in [0.25, 0.3) is 0 Å². The predicted octanol–water partition coefficient (Wildman–Crippen LogP) is 6.76. The van der Waals surface area contributed by atoms with Crippen LogP contribution in [0.4, 0.5) is 0 Å². The van der Waals surface area contributed by atoms with Gasteiger partial charge in [0, 0.05) is 12.8 Å². The van der Waals surface area contributed by atoms with Crippen molar-refractivity contribution in [3.63, 3.8) is 0 Å². The molecule has 5 aliphatic rings. The Morgan fingerprint density at radius 1 is 0.861 bits per heavy atom. The zero-order chi connectivity index (χ0) is 26.7. The Balaban J connectivity index is 1.60. The molecule has 0 aliphatic heterocycles. The number of aliphatic hydroxyl groups excluding tert-OH is 1. The first-order valence-electron chi connectivity index (χ1n) is 15.0. The van der Waals surface area contributed by atoms with Crippen molar-refractivity contribution in [3.05, 3.63) is 0 Å². The fourth-order valence-corrected chi connectivity index (χ4v) is 12.7. The van der Waals surface area contributed by atoms with E-state index in [1.54, 1.807) is 6.92 Å². The van der Waals surface area contributed by atoms with E-state index in [9.17, 15) is 15.0 Å². The van der Waals surface area contributed by atoms with Gasteiger partial charge in [0.2, 0.25) is 0 Å². The molecule has 0 radical (unpaired) electrons. The van der Waals surface area contributed by atoms with Gasteiger partial charge >= 0.3 is 5.97 Å². The van der Waals surface area contributed by atoms with Crippen LogP contribution in [-0.2, 0) is 9.53 Å². The first-order chi connectivity index (χ1) is 16.4. The molecule has 5 fully saturated rings. The van der Waals surface area contributed by atoms with Crippen LogP contribution >= 0.6 is 0 Å². The largest absolute Gasteiger partial charge is 0.462 e. The molecule has 0 bridgehead atoms. The van der Waals surface area contributed by atoms with E-state index in [0.29, 0.717) is 17.8 Å². The van der Waals surface area contributed by atoms with E-state index in [-0.39, 0.29) is 51.0 Å². The lowest BCUT2D eigenvalue weighted by atomic mass is 9.31. The van der Waals surface area contributed by atoms with Gasteiger partial charge in [-0.2, -0.15) is 0 Å². The summed E-state index contributed by atoms with van der Waals surface area (Å²) in [7, 11) is 0. The van der Waals surface area contributed by atoms with Gasteiger partial charge in [-0.15, -0.1) is 0 Å². The minimum absolute atomic E-state index is 0.00349. The molecule has 11 atom stereocenters. The average Bonchev–Trinajstić information content (AvgIpc) is 3.06. The number of hydrogen-bond donors (Lipinski definition) is 2. The van der Waals surface area contributed by atoms with Crippen molar-refractivity contribution in [2.45, 2.75) is 138 Å². The highest BCUT2D eigenvalue weighted by atomic mass is 16.5. The maximum atomic E-state index is 12.4. The van der Waals surface area contributed by atoms with Crippen LogP contribution in [0, 0.1) is 56.7 Å². The molecule has 5 rings (SSSR count). The predicted molar refractivity (Wildman–Crippen MR) is 143 cm³/mol. The van der Waals surface area contributed by atoms with Crippen LogP contribution < -0.4 is 0 Å². The third kappa shape index (κ3) is 3.41. The number of fused-ring (bicyclic) bond motifs is 7. The van der Waals surface area contributed by atoms with Crippen molar-refractivity contribution in [2.75, 3.05) is 0 Å². The lowest BCUT2D eigenvalue weighted by Crippen LogP contribution is -2.70. The lowest BCUT2D eigenvalue weighted by molar-refractivity contribution is -0.282. The second kappa shape index (κ2) is 7.96. The number of esters is 1. The number of carbonyl (C=O) groups is 1. The van der Waals surface area contributed by atoms with Crippen molar-refractivity contribution in [1.82, 2.24) is 0 Å². The van der Waals surface area contributed by atoms with Crippen molar-refractivity contribution in [3.8, 4) is 0 Å². The summed E-state index contributed by atoms with van der Waals surface area (Å²) in [6, 6.07) is 0. The zero-order valence-corrected chi connectivity index (χ0v) is 24.6. The summed E-state index contributed by atoms with van der Waals surface area (Å²) in [4.78, 5) is 12.4. The molecule has 0 aromatic carbocycles. The molecule has 5 saturated carbocycles. The minimum atomic E-state index is -0.766. The van der Waals surface area contributed by atoms with Crippen molar-refractivity contribution < 1.29 is 19.7 Å². The molecule has 0 aromatic rings. The van der Waals surface area contributed by atoms with E-state index < -0.39 is 11.7 Å². The molecule has 206 valence electrons. The Morgan fingerprint density at radius 2 is 1.44 bits per heavy atom. The summed E-state index contributed by atoms with van der Waals surface area (Å²) < 4.78 is 6.27. The summed E-state index contributed by atoms with van der Waals surface area (Å²) in [6.07, 6.45) is 9.45. The van der Waals surface area contributed by atoms with Crippen molar-refractivity contribution >= 4 is 5.97 Å². The zero-order valence-electron chi connectivity index (χ0n) is 24.6. The van der Waals surface area contributed by atoms with Crippen LogP contribution in [-0.4, -0.2) is 34.0 Å². The Morgan fingerprint density at radius 3 is 2.03 bits per heavy atom. The van der Waals surface area contributed by atoms with E-state index in [1.807, 2.05) is 13.8 Å². The Hall–Kier alpha value is -0.610. The molecule has 2 N–H and O–H groups in total. The molecule has 0 heterocycles. The molecule has 4 nitrogen and oxygen atoms in total. The Bertz CT molecular complexity index is 904. The van der Waals surface area contributed by atoms with Gasteiger partial charge in [-0.3, -0.25) is 4.79 Å². The first kappa shape index (κ1) is 27.0. The monoisotopic (exact) mass is 502 g/mol. The SMILES string of the molecule is CC(=O)O[C@H]1C[C@]2(C)[C@H](CC[C@@H]3[C@@]4(C)CC[C@H](C(C)(C)O)[C@@H]4[C@@H](O)C[C@]32C)[C@@]2(C)CCCC(C)(C)[C@H]12. The van der Waals surface area contributed by atoms with Crippen LogP contribution in [0.5, 0.6) is 0 Å². The van der Waals surface area contributed by atoms with E-state index >= 15 is 0 Å². The van der Waals surface area contributed by atoms with Gasteiger partial charge in [0.15, 0.2) is 0 Å². The van der Waals surface area contributed by atoms with Gasteiger partial charge < -0.3 is 14.9 Å². The Labute approximate surface area is 220 Å². The van der Waals surface area contributed by atoms with E-state index in [2.05, 4.69) is 41.5 Å². The molecular formula is C32H54O4. The van der Waals surface area contributed by atoms with E-state index in [0.717, 1.165) is 25.7 Å². The second-order valence-electron chi connectivity index (χ2n) is 16.3. The van der Waals surface area contributed by atoms with E-state index in [4.69, 9.17) is 4.74 Å². The summed E-state index contributed by atoms with van der Waals surface area (Å²) in [6.45, 7) is 20.3. The third-order valence-corrected chi connectivity index (χ3v) is 13.7. The number of aliphatic hydroxyl groups is 2. The summed E-state index contributed by atoms with van der Waals surface area (Å²) >= 11 is 0. The van der Waals surface area contributed by atoms with E-state index in [1.165, 1.54) is 32.1 Å². The molecule has 0 spiro atoms. The molecular weight excluding hydrogens is 448 g/mol. The molecule has 36 heavy (non-hydrogen) atoms. The Kier molecular flexibility index (Phi) is 5.97. The maximum absolute atomic E-state index is 12.4. The minimum Gasteiger partial charge on any atom is -0.462 e. The van der Waals surface area contributed by atoms with Gasteiger partial charge in [-0.05, 0) is 116 Å². The van der Waals surface area contributed by atoms with Gasteiger partial charge in [-0.1, -0.05) is 48.0 Å². The normalized spacial score (nSPS) is 54.0. The number of ether oxygens (including phenoxy) is 1. The third-order valence-electron chi connectivity index (χ3n) is 13.7. The first-order valence-corrected chi connectivity index (χ1v) is 15.0. The highest BCUT2D eigenvalue weighted by Gasteiger charge is 2.74. The second-order valence-corrected chi connectivity index (χ2v) is 16.3. The molecule has 0 unspecified atom stereocenters. The summed E-state index contributed by atoms with van der Waals surface area (Å²) in [5.74, 6) is 1.61. The number of rotatable bonds is 2. The molecule has 0 saturated heterocycles. The maximum Gasteiger partial charge on any atom is 0.302 e. The smallest absolute Gasteiger partial charge is 0.302 e. The van der Waals surface area contributed by atoms with Crippen LogP contribution in [0.1, 0.15) is 120 Å². The summed E-state index contributed by atoms with van der Waals surface area (Å²) in [5.41, 5.74) is -0.472. The fraction of sp³-hybridized carbons (Fsp3) is 0.969. The standard InChI is InChI=1S/C32H54O4/c1-19(33)36-22-18-32(9)24(30(7)15-10-14-27(2,3)26(22)30)12-11-23-29(6)16-13-20(28(4,5)35)25(29)21(34)17-31(23,32)8/h20-26,34-35H,10-18H2,1-9H3/t20-,21-,22-,23+,24+,25+,26-,29+,30+,31+,32+/m0/s1. The lowest BCUT2D eigenvalue weighted by Gasteiger charge is -2.74. The summed E-state index contributed by atoms with van der Waals surface area (Å²) in [5, 5.41) is 22.9. The molecule has 5 aliphatic carbocycles. The van der Waals surface area contributed by atoms with Crippen LogP contribution in [0.15, 0.2) is 0 Å². The number of carbonyl (C=O) groups excluding carboxylic acids is 1. The fourth-order valence-electron chi connectivity index (χ4n) is 12.7. The van der Waals surface area contributed by atoms with Gasteiger partial charge in [0.1, 0.15) is 6.10 Å².